The molecule has 5 nitrogen and oxygen atoms in total. The van der Waals surface area contributed by atoms with Gasteiger partial charge < -0.3 is 10.4 Å². The van der Waals surface area contributed by atoms with Crippen molar-refractivity contribution >= 4 is 35.2 Å². The fourth-order valence-electron chi connectivity index (χ4n) is 1.24. The molecule has 0 aliphatic rings. The highest BCUT2D eigenvalue weighted by atomic mass is 35.5. The maximum atomic E-state index is 11.7. The number of carboxylic acids is 1. The number of nitrogens with one attached hydrogen (secondary N) is 1. The number of rotatable bonds is 6. The summed E-state index contributed by atoms with van der Waals surface area (Å²) >= 11 is 7.17. The van der Waals surface area contributed by atoms with E-state index in [1.54, 1.807) is 0 Å². The first-order valence-corrected chi connectivity index (χ1v) is 6.96. The van der Waals surface area contributed by atoms with E-state index in [1.165, 1.54) is 30.1 Å². The highest BCUT2D eigenvalue weighted by Crippen LogP contribution is 2.07. The van der Waals surface area contributed by atoms with Gasteiger partial charge in [0.2, 0.25) is 0 Å². The van der Waals surface area contributed by atoms with E-state index in [1.807, 2.05) is 6.26 Å². The fourth-order valence-corrected chi connectivity index (χ4v) is 1.82. The molecule has 0 saturated carbocycles. The van der Waals surface area contributed by atoms with Gasteiger partial charge in [-0.1, -0.05) is 11.6 Å². The molecule has 0 aliphatic carbocycles. The molecule has 1 amide bonds. The molecule has 98 valence electrons. The number of carbonyl (C=O) groups is 2. The molecule has 1 atom stereocenters. The van der Waals surface area contributed by atoms with Gasteiger partial charge in [-0.05, 0) is 30.6 Å². The van der Waals surface area contributed by atoms with Gasteiger partial charge in [-0.25, -0.2) is 9.78 Å². The predicted octanol–water partition coefficient (Wildman–Crippen LogP) is 1.67. The van der Waals surface area contributed by atoms with Crippen LogP contribution in [0.5, 0.6) is 0 Å². The number of hydrogen-bond donors (Lipinski definition) is 2. The van der Waals surface area contributed by atoms with E-state index in [0.717, 1.165) is 0 Å². The summed E-state index contributed by atoms with van der Waals surface area (Å²) in [7, 11) is 0. The summed E-state index contributed by atoms with van der Waals surface area (Å²) in [6, 6.07) is 2.08. The molecule has 0 bridgehead atoms. The number of amides is 1. The van der Waals surface area contributed by atoms with Crippen LogP contribution in [0.3, 0.4) is 0 Å². The van der Waals surface area contributed by atoms with Crippen molar-refractivity contribution in [3.05, 3.63) is 29.0 Å². The van der Waals surface area contributed by atoms with Crippen LogP contribution in [-0.4, -0.2) is 40.0 Å². The molecule has 1 aromatic heterocycles. The highest BCUT2D eigenvalue weighted by Gasteiger charge is 2.20. The van der Waals surface area contributed by atoms with E-state index in [4.69, 9.17) is 16.7 Å². The van der Waals surface area contributed by atoms with Crippen LogP contribution in [0.2, 0.25) is 5.02 Å². The van der Waals surface area contributed by atoms with Crippen LogP contribution in [0.1, 0.15) is 16.9 Å². The summed E-state index contributed by atoms with van der Waals surface area (Å²) in [6.45, 7) is 0. The normalized spacial score (nSPS) is 11.9. The van der Waals surface area contributed by atoms with Crippen molar-refractivity contribution in [3.8, 4) is 0 Å². The number of pyridine rings is 1. The van der Waals surface area contributed by atoms with Gasteiger partial charge in [-0.15, -0.1) is 0 Å². The number of hydrogen-bond acceptors (Lipinski definition) is 4. The molecule has 1 heterocycles. The van der Waals surface area contributed by atoms with Crippen LogP contribution >= 0.6 is 23.4 Å². The zero-order valence-electron chi connectivity index (χ0n) is 9.72. The molecule has 0 spiro atoms. The largest absolute Gasteiger partial charge is 0.480 e. The van der Waals surface area contributed by atoms with Crippen molar-refractivity contribution in [3.63, 3.8) is 0 Å². The minimum atomic E-state index is -1.05. The van der Waals surface area contributed by atoms with Gasteiger partial charge in [0.25, 0.3) is 5.91 Å². The molecule has 0 unspecified atom stereocenters. The molecule has 0 aromatic carbocycles. The van der Waals surface area contributed by atoms with Gasteiger partial charge in [0.1, 0.15) is 11.7 Å². The summed E-state index contributed by atoms with van der Waals surface area (Å²) in [5.74, 6) is -0.905. The molecule has 0 aliphatic heterocycles. The Balaban J connectivity index is 2.66. The monoisotopic (exact) mass is 288 g/mol. The Hall–Kier alpha value is -1.27. The van der Waals surface area contributed by atoms with E-state index >= 15 is 0 Å². The molecule has 7 heteroatoms. The molecular weight excluding hydrogens is 276 g/mol. The van der Waals surface area contributed by atoms with Crippen LogP contribution in [0, 0.1) is 0 Å². The Bertz CT molecular complexity index is 425. The predicted molar refractivity (Wildman–Crippen MR) is 71.1 cm³/mol. The lowest BCUT2D eigenvalue weighted by Gasteiger charge is -2.13. The maximum absolute atomic E-state index is 11.7. The Morgan fingerprint density at radius 2 is 2.28 bits per heavy atom. The molecule has 2 N–H and O–H groups in total. The molecule has 0 fully saturated rings. The quantitative estimate of drug-likeness (QED) is 0.832. The van der Waals surface area contributed by atoms with E-state index in [9.17, 15) is 9.59 Å². The first-order valence-electron chi connectivity index (χ1n) is 5.18. The van der Waals surface area contributed by atoms with Crippen LogP contribution in [-0.2, 0) is 4.79 Å². The van der Waals surface area contributed by atoms with Crippen molar-refractivity contribution in [2.24, 2.45) is 0 Å². The van der Waals surface area contributed by atoms with E-state index in [-0.39, 0.29) is 5.69 Å². The second kappa shape index (κ2) is 7.23. The summed E-state index contributed by atoms with van der Waals surface area (Å²) in [6.07, 6.45) is 3.59. The van der Waals surface area contributed by atoms with Crippen LogP contribution in [0.25, 0.3) is 0 Å². The lowest BCUT2D eigenvalue weighted by Crippen LogP contribution is -2.41. The number of aliphatic carboxylic acids is 1. The molecule has 18 heavy (non-hydrogen) atoms. The second-order valence-electron chi connectivity index (χ2n) is 3.51. The number of carbonyl (C=O) groups excluding carboxylic acids is 1. The van der Waals surface area contributed by atoms with Crippen molar-refractivity contribution in [2.75, 3.05) is 12.0 Å². The average Bonchev–Trinajstić information content (AvgIpc) is 2.34. The van der Waals surface area contributed by atoms with Gasteiger partial charge in [0, 0.05) is 6.20 Å². The SMILES string of the molecule is CSCC[C@H](NC(=O)c1ccc(Cl)cn1)C(=O)O. The molecule has 1 aromatic rings. The zero-order chi connectivity index (χ0) is 13.5. The number of halogens is 1. The van der Waals surface area contributed by atoms with Crippen LogP contribution in [0.4, 0.5) is 0 Å². The van der Waals surface area contributed by atoms with Gasteiger partial charge in [-0.2, -0.15) is 11.8 Å². The Labute approximate surface area is 114 Å². The van der Waals surface area contributed by atoms with Gasteiger partial charge in [0.15, 0.2) is 0 Å². The maximum Gasteiger partial charge on any atom is 0.326 e. The minimum Gasteiger partial charge on any atom is -0.480 e. The number of carboxylic acid groups (broad SMARTS) is 1. The van der Waals surface area contributed by atoms with Crippen LogP contribution in [0.15, 0.2) is 18.3 Å². The average molecular weight is 289 g/mol. The first-order chi connectivity index (χ1) is 8.54. The lowest BCUT2D eigenvalue weighted by atomic mass is 10.2. The standard InChI is InChI=1S/C11H13ClN2O3S/c1-18-5-4-9(11(16)17)14-10(15)8-3-2-7(12)6-13-8/h2-3,6,9H,4-5H2,1H3,(H,14,15)(H,16,17)/t9-/m0/s1. The molecular formula is C11H13ClN2O3S. The summed E-state index contributed by atoms with van der Waals surface area (Å²) in [5, 5.41) is 11.8. The third kappa shape index (κ3) is 4.54. The van der Waals surface area contributed by atoms with Crippen LogP contribution < -0.4 is 5.32 Å². The molecule has 0 saturated heterocycles. The smallest absolute Gasteiger partial charge is 0.326 e. The third-order valence-electron chi connectivity index (χ3n) is 2.17. The molecule has 0 radical (unpaired) electrons. The summed E-state index contributed by atoms with van der Waals surface area (Å²) < 4.78 is 0. The third-order valence-corrected chi connectivity index (χ3v) is 3.04. The van der Waals surface area contributed by atoms with Gasteiger partial charge in [0.05, 0.1) is 5.02 Å². The fraction of sp³-hybridized carbons (Fsp3) is 0.364. The topological polar surface area (TPSA) is 79.3 Å². The number of thioether (sulfide) groups is 1. The van der Waals surface area contributed by atoms with Gasteiger partial charge in [-0.3, -0.25) is 4.79 Å². The first kappa shape index (κ1) is 14.8. The van der Waals surface area contributed by atoms with E-state index in [2.05, 4.69) is 10.3 Å². The second-order valence-corrected chi connectivity index (χ2v) is 4.93. The van der Waals surface area contributed by atoms with E-state index in [0.29, 0.717) is 17.2 Å². The minimum absolute atomic E-state index is 0.148. The van der Waals surface area contributed by atoms with Crippen molar-refractivity contribution in [2.45, 2.75) is 12.5 Å². The zero-order valence-corrected chi connectivity index (χ0v) is 11.3. The van der Waals surface area contributed by atoms with E-state index < -0.39 is 17.9 Å². The lowest BCUT2D eigenvalue weighted by molar-refractivity contribution is -0.139. The van der Waals surface area contributed by atoms with Crippen molar-refractivity contribution < 1.29 is 14.7 Å². The molecule has 1 rings (SSSR count). The number of aromatic nitrogens is 1. The Morgan fingerprint density at radius 3 is 2.78 bits per heavy atom. The van der Waals surface area contributed by atoms with Crippen molar-refractivity contribution in [1.82, 2.24) is 10.3 Å². The Kier molecular flexibility index (Phi) is 5.94. The summed E-state index contributed by atoms with van der Waals surface area (Å²) in [5.41, 5.74) is 0.148. The Morgan fingerprint density at radius 1 is 1.56 bits per heavy atom. The highest BCUT2D eigenvalue weighted by molar-refractivity contribution is 7.98. The number of nitrogens with zero attached hydrogens (tertiary/aromatic N) is 1. The van der Waals surface area contributed by atoms with Gasteiger partial charge >= 0.3 is 5.97 Å². The van der Waals surface area contributed by atoms with Crippen molar-refractivity contribution in [1.29, 1.82) is 0 Å². The summed E-state index contributed by atoms with van der Waals surface area (Å²) in [4.78, 5) is 26.5.